The summed E-state index contributed by atoms with van der Waals surface area (Å²) in [6, 6.07) is 1.41. The highest BCUT2D eigenvalue weighted by molar-refractivity contribution is 5.80. The van der Waals surface area contributed by atoms with Crippen LogP contribution in [0.3, 0.4) is 0 Å². The molecule has 2 aliphatic heterocycles. The van der Waals surface area contributed by atoms with E-state index in [0.29, 0.717) is 0 Å². The molecular weight excluding hydrogens is 692 g/mol. The number of carbonyl (C=O) groups is 6. The lowest BCUT2D eigenvalue weighted by Gasteiger charge is -2.76. The number of carbonyl (C=O) groups excluding carboxylic acids is 6. The van der Waals surface area contributed by atoms with E-state index in [0.717, 1.165) is 20.8 Å². The summed E-state index contributed by atoms with van der Waals surface area (Å²) in [7, 11) is 0. The van der Waals surface area contributed by atoms with Crippen LogP contribution in [0.15, 0.2) is 23.0 Å². The molecular formula is C35H42O17. The lowest BCUT2D eigenvalue weighted by atomic mass is 9.32. The van der Waals surface area contributed by atoms with E-state index in [-0.39, 0.29) is 12.0 Å². The van der Waals surface area contributed by atoms with Crippen molar-refractivity contribution in [2.45, 2.75) is 120 Å². The molecule has 0 unspecified atom stereocenters. The summed E-state index contributed by atoms with van der Waals surface area (Å²) in [4.78, 5) is 80.4. The van der Waals surface area contributed by atoms with Crippen LogP contribution in [0.5, 0.6) is 0 Å². The summed E-state index contributed by atoms with van der Waals surface area (Å²) < 4.78 is 41.4. The van der Waals surface area contributed by atoms with Gasteiger partial charge < -0.3 is 53.3 Å². The molecule has 4 N–H and O–H groups in total. The molecule has 52 heavy (non-hydrogen) atoms. The molecule has 1 spiro atoms. The quantitative estimate of drug-likeness (QED) is 0.210. The maximum Gasteiger partial charge on any atom is 0.509 e. The Bertz CT molecular complexity index is 1760. The number of fused-ring (bicyclic) bond motifs is 2. The molecule has 4 aliphatic carbocycles. The Labute approximate surface area is 296 Å². The number of furan rings is 1. The van der Waals surface area contributed by atoms with E-state index in [1.807, 2.05) is 0 Å². The molecule has 14 atom stereocenters. The fourth-order valence-corrected chi connectivity index (χ4v) is 11.9. The fraction of sp³-hybridized carbons (Fsp3) is 0.714. The SMILES string of the molecule is CCC(=O)C[C@@H]1[C@](C)([C@@H](OC(C)=O)c2ccoc2)[C@@H](OC(C)=O)[C@@H](OC(C)=O)[C@@]23OC(=O)O[C@@]12[C@H](O)[C@@]1(O)[C@@H](O)[C@]2(C)C[C@@]1(O)[C@]31COC(=O)C[C@@H]21. The molecule has 3 heterocycles. The molecule has 6 aliphatic rings. The van der Waals surface area contributed by atoms with Crippen LogP contribution in [0, 0.1) is 28.1 Å². The monoisotopic (exact) mass is 734 g/mol. The molecule has 2 saturated heterocycles. The number of cyclic esters (lactones) is 1. The van der Waals surface area contributed by atoms with Gasteiger partial charge in [0.2, 0.25) is 5.60 Å². The molecule has 1 aromatic heterocycles. The molecule has 17 heteroatoms. The van der Waals surface area contributed by atoms with Crippen LogP contribution in [-0.2, 0) is 52.4 Å². The predicted octanol–water partition coefficient (Wildman–Crippen LogP) is 0.568. The summed E-state index contributed by atoms with van der Waals surface area (Å²) in [5.74, 6) is -7.11. The van der Waals surface area contributed by atoms with Crippen molar-refractivity contribution in [3.63, 3.8) is 0 Å². The van der Waals surface area contributed by atoms with Gasteiger partial charge in [-0.15, -0.1) is 0 Å². The lowest BCUT2D eigenvalue weighted by molar-refractivity contribution is -0.444. The number of ether oxygens (including phenoxy) is 6. The van der Waals surface area contributed by atoms with Crippen molar-refractivity contribution < 1.29 is 82.0 Å². The Morgan fingerprint density at radius 2 is 1.62 bits per heavy atom. The standard InChI is InChI=1S/C35H42O17/c1-7-19(39)10-21-30(6,23(48-15(2)36)18-8-9-46-12-18)24(49-16(3)37)25(50-17(4)38)35-31-14-47-22(40)11-20(31)29(5)13-32(31,44)33(45,26(29)41)27(42)34(21,35)51-28(43)52-35/h8-9,12,20-21,23-27,41-42,44-45H,7,10-11,13-14H2,1-6H3/t20-,21+,23-,24-,25+,26-,27+,29+,30+,31+,32+,33-,34+,35-/m0/s1. The smallest absolute Gasteiger partial charge is 0.472 e. The van der Waals surface area contributed by atoms with Crippen molar-refractivity contribution in [1.29, 1.82) is 0 Å². The zero-order valence-corrected chi connectivity index (χ0v) is 29.4. The number of aliphatic hydroxyl groups excluding tert-OH is 2. The van der Waals surface area contributed by atoms with E-state index >= 15 is 0 Å². The van der Waals surface area contributed by atoms with Gasteiger partial charge in [0.1, 0.15) is 30.2 Å². The highest BCUT2D eigenvalue weighted by atomic mass is 16.8. The van der Waals surface area contributed by atoms with Gasteiger partial charge in [0.15, 0.2) is 23.4 Å². The molecule has 17 nitrogen and oxygen atoms in total. The van der Waals surface area contributed by atoms with Crippen LogP contribution in [0.2, 0.25) is 0 Å². The van der Waals surface area contributed by atoms with Crippen LogP contribution in [-0.4, -0.2) is 110 Å². The Balaban J connectivity index is 1.68. The number of hydrogen-bond acceptors (Lipinski definition) is 17. The first kappa shape index (κ1) is 36.3. The Morgan fingerprint density at radius 3 is 2.19 bits per heavy atom. The first-order chi connectivity index (χ1) is 24.2. The highest BCUT2D eigenvalue weighted by Gasteiger charge is 3.04. The molecule has 7 rings (SSSR count). The Hall–Kier alpha value is -4.06. The van der Waals surface area contributed by atoms with E-state index in [9.17, 15) is 49.2 Å². The average Bonchev–Trinajstić information content (AvgIpc) is 3.79. The van der Waals surface area contributed by atoms with Crippen LogP contribution in [0.25, 0.3) is 0 Å². The first-order valence-electron chi connectivity index (χ1n) is 17.1. The van der Waals surface area contributed by atoms with Crippen LogP contribution in [0.1, 0.15) is 78.9 Å². The fourth-order valence-electron chi connectivity index (χ4n) is 11.9. The minimum Gasteiger partial charge on any atom is -0.472 e. The highest BCUT2D eigenvalue weighted by Crippen LogP contribution is 2.85. The minimum absolute atomic E-state index is 0.129. The molecule has 0 amide bonds. The number of hydrogen-bond donors (Lipinski definition) is 4. The van der Waals surface area contributed by atoms with E-state index in [4.69, 9.17) is 32.8 Å². The predicted molar refractivity (Wildman–Crippen MR) is 165 cm³/mol. The normalized spacial score (nSPS) is 47.1. The third-order valence-electron chi connectivity index (χ3n) is 13.5. The third kappa shape index (κ3) is 3.77. The Morgan fingerprint density at radius 1 is 0.962 bits per heavy atom. The second-order valence-electron chi connectivity index (χ2n) is 15.7. The maximum absolute atomic E-state index is 14.1. The van der Waals surface area contributed by atoms with Crippen LogP contribution in [0.4, 0.5) is 4.79 Å². The van der Waals surface area contributed by atoms with Gasteiger partial charge >= 0.3 is 30.0 Å². The maximum atomic E-state index is 14.1. The van der Waals surface area contributed by atoms with Crippen LogP contribution >= 0.6 is 0 Å². The number of ketones is 1. The summed E-state index contributed by atoms with van der Waals surface area (Å²) in [6.07, 6.45) is -10.9. The first-order valence-corrected chi connectivity index (χ1v) is 17.1. The summed E-state index contributed by atoms with van der Waals surface area (Å²) >= 11 is 0. The van der Waals surface area contributed by atoms with Gasteiger partial charge in [-0.1, -0.05) is 20.8 Å². The molecule has 6 fully saturated rings. The van der Waals surface area contributed by atoms with Crippen molar-refractivity contribution in [3.8, 4) is 0 Å². The van der Waals surface area contributed by atoms with Gasteiger partial charge in [0.25, 0.3) is 0 Å². The number of esters is 4. The molecule has 2 bridgehead atoms. The van der Waals surface area contributed by atoms with Gasteiger partial charge in [0.05, 0.1) is 29.5 Å². The van der Waals surface area contributed by atoms with Gasteiger partial charge in [-0.25, -0.2) is 4.79 Å². The van der Waals surface area contributed by atoms with Gasteiger partial charge in [-0.3, -0.25) is 24.0 Å². The van der Waals surface area contributed by atoms with E-state index in [1.54, 1.807) is 0 Å². The Kier molecular flexibility index (Phi) is 7.67. The summed E-state index contributed by atoms with van der Waals surface area (Å²) in [5.41, 5.74) is -17.0. The zero-order chi connectivity index (χ0) is 38.2. The molecule has 0 radical (unpaired) electrons. The average molecular weight is 735 g/mol. The number of rotatable bonds is 8. The van der Waals surface area contributed by atoms with E-state index in [1.165, 1.54) is 39.4 Å². The molecule has 0 aromatic carbocycles. The minimum atomic E-state index is -2.99. The third-order valence-corrected chi connectivity index (χ3v) is 13.5. The van der Waals surface area contributed by atoms with Gasteiger partial charge in [-0.2, -0.15) is 0 Å². The topological polar surface area (TPSA) is 252 Å². The molecule has 4 saturated carbocycles. The largest absolute Gasteiger partial charge is 0.509 e. The second-order valence-corrected chi connectivity index (χ2v) is 15.7. The van der Waals surface area contributed by atoms with E-state index in [2.05, 4.69) is 0 Å². The number of Topliss-reactive ketones (excluding diaryl/α,β-unsaturated/α-hetero) is 1. The number of aliphatic hydroxyl groups is 4. The summed E-state index contributed by atoms with van der Waals surface area (Å²) in [6.45, 7) is 6.72. The van der Waals surface area contributed by atoms with Gasteiger partial charge in [0, 0.05) is 56.9 Å². The summed E-state index contributed by atoms with van der Waals surface area (Å²) in [5, 5.41) is 50.9. The molecule has 284 valence electrons. The lowest BCUT2D eigenvalue weighted by Crippen LogP contribution is -2.97. The van der Waals surface area contributed by atoms with E-state index < -0.39 is 143 Å². The zero-order valence-electron chi connectivity index (χ0n) is 29.4. The van der Waals surface area contributed by atoms with Crippen molar-refractivity contribution in [2.75, 3.05) is 6.61 Å². The van der Waals surface area contributed by atoms with Crippen molar-refractivity contribution >= 4 is 35.8 Å². The van der Waals surface area contributed by atoms with Crippen molar-refractivity contribution in [2.24, 2.45) is 28.1 Å². The van der Waals surface area contributed by atoms with Crippen molar-refractivity contribution in [1.82, 2.24) is 0 Å². The van der Waals surface area contributed by atoms with Crippen LogP contribution < -0.4 is 0 Å². The van der Waals surface area contributed by atoms with Crippen molar-refractivity contribution in [3.05, 3.63) is 24.2 Å². The van der Waals surface area contributed by atoms with Gasteiger partial charge in [-0.05, 0) is 18.4 Å². The second kappa shape index (κ2) is 11.0. The molecule has 1 aromatic rings.